The number of alkyl halides is 3. The fourth-order valence-electron chi connectivity index (χ4n) is 2.47. The number of hydrogen-bond acceptors (Lipinski definition) is 2. The number of amides is 2. The molecule has 3 atom stereocenters. The Kier molecular flexibility index (Phi) is 5.64. The van der Waals surface area contributed by atoms with E-state index >= 15 is 0 Å². The molecule has 1 heterocycles. The normalized spacial score (nSPS) is 25.2. The Morgan fingerprint density at radius 2 is 1.81 bits per heavy atom. The van der Waals surface area contributed by atoms with Gasteiger partial charge in [0.25, 0.3) is 0 Å². The van der Waals surface area contributed by atoms with E-state index in [2.05, 4.69) is 5.32 Å². The van der Waals surface area contributed by atoms with E-state index in [1.807, 2.05) is 20.8 Å². The SMILES string of the molecule is CCC(C)C1NC(=O)C(CC(C)C)N(CC(F)(F)F)C1=O. The van der Waals surface area contributed by atoms with Crippen LogP contribution in [0, 0.1) is 11.8 Å². The van der Waals surface area contributed by atoms with Crippen molar-refractivity contribution in [2.75, 3.05) is 6.54 Å². The van der Waals surface area contributed by atoms with Crippen LogP contribution >= 0.6 is 0 Å². The van der Waals surface area contributed by atoms with Gasteiger partial charge in [-0.3, -0.25) is 9.59 Å². The molecule has 1 saturated heterocycles. The molecule has 1 rings (SSSR count). The molecular formula is C14H23F3N2O2. The monoisotopic (exact) mass is 308 g/mol. The zero-order valence-electron chi connectivity index (χ0n) is 12.8. The number of halogens is 3. The first-order valence-corrected chi connectivity index (χ1v) is 7.24. The highest BCUT2D eigenvalue weighted by molar-refractivity contribution is 5.97. The van der Waals surface area contributed by atoms with Gasteiger partial charge in [-0.1, -0.05) is 34.1 Å². The molecule has 3 unspecified atom stereocenters. The molecule has 0 bridgehead atoms. The minimum absolute atomic E-state index is 0.0180. The van der Waals surface area contributed by atoms with Gasteiger partial charge in [0.15, 0.2) is 0 Å². The van der Waals surface area contributed by atoms with Crippen molar-refractivity contribution >= 4 is 11.8 Å². The van der Waals surface area contributed by atoms with Crippen LogP contribution in [0.1, 0.15) is 40.5 Å². The van der Waals surface area contributed by atoms with E-state index in [1.54, 1.807) is 6.92 Å². The van der Waals surface area contributed by atoms with Gasteiger partial charge in [0.05, 0.1) is 0 Å². The van der Waals surface area contributed by atoms with Crippen molar-refractivity contribution in [3.05, 3.63) is 0 Å². The van der Waals surface area contributed by atoms with E-state index in [1.165, 1.54) is 0 Å². The number of hydrogen-bond donors (Lipinski definition) is 1. The Bertz CT molecular complexity index is 396. The quantitative estimate of drug-likeness (QED) is 0.847. The lowest BCUT2D eigenvalue weighted by Crippen LogP contribution is -2.66. The van der Waals surface area contributed by atoms with Crippen LogP contribution in [0.2, 0.25) is 0 Å². The number of carbonyl (C=O) groups is 2. The van der Waals surface area contributed by atoms with Gasteiger partial charge < -0.3 is 10.2 Å². The average molecular weight is 308 g/mol. The molecule has 2 amide bonds. The second kappa shape index (κ2) is 6.66. The van der Waals surface area contributed by atoms with Gasteiger partial charge in [0.2, 0.25) is 11.8 Å². The number of rotatable bonds is 5. The molecule has 0 aromatic heterocycles. The fourth-order valence-corrected chi connectivity index (χ4v) is 2.47. The summed E-state index contributed by atoms with van der Waals surface area (Å²) in [4.78, 5) is 25.2. The van der Waals surface area contributed by atoms with E-state index in [0.717, 1.165) is 0 Å². The van der Waals surface area contributed by atoms with Crippen LogP contribution < -0.4 is 5.32 Å². The standard InChI is InChI=1S/C14H23F3N2O2/c1-5-9(4)11-13(21)19(7-14(15,16)17)10(6-8(2)3)12(20)18-11/h8-11H,5-7H2,1-4H3,(H,18,20). The maximum absolute atomic E-state index is 12.7. The summed E-state index contributed by atoms with van der Waals surface area (Å²) in [5.41, 5.74) is 0. The molecule has 21 heavy (non-hydrogen) atoms. The first-order valence-electron chi connectivity index (χ1n) is 7.24. The number of piperazine rings is 1. The lowest BCUT2D eigenvalue weighted by atomic mass is 9.91. The minimum Gasteiger partial charge on any atom is -0.342 e. The van der Waals surface area contributed by atoms with Gasteiger partial charge in [-0.05, 0) is 18.3 Å². The zero-order chi connectivity index (χ0) is 16.4. The van der Waals surface area contributed by atoms with E-state index in [0.29, 0.717) is 11.3 Å². The van der Waals surface area contributed by atoms with Crippen LogP contribution in [0.25, 0.3) is 0 Å². The van der Waals surface area contributed by atoms with E-state index in [-0.39, 0.29) is 18.3 Å². The molecule has 1 N–H and O–H groups in total. The Hall–Kier alpha value is -1.27. The second-order valence-electron chi connectivity index (χ2n) is 6.10. The molecule has 0 aromatic rings. The van der Waals surface area contributed by atoms with E-state index in [4.69, 9.17) is 0 Å². The third-order valence-electron chi connectivity index (χ3n) is 3.78. The maximum atomic E-state index is 12.7. The number of carbonyl (C=O) groups excluding carboxylic acids is 2. The minimum atomic E-state index is -4.51. The van der Waals surface area contributed by atoms with Gasteiger partial charge in [-0.15, -0.1) is 0 Å². The van der Waals surface area contributed by atoms with Crippen molar-refractivity contribution < 1.29 is 22.8 Å². The van der Waals surface area contributed by atoms with Crippen LogP contribution in [-0.2, 0) is 9.59 Å². The molecule has 0 radical (unpaired) electrons. The summed E-state index contributed by atoms with van der Waals surface area (Å²) >= 11 is 0. The summed E-state index contributed by atoms with van der Waals surface area (Å²) < 4.78 is 38.2. The average Bonchev–Trinajstić information content (AvgIpc) is 2.35. The van der Waals surface area contributed by atoms with E-state index < -0.39 is 36.6 Å². The van der Waals surface area contributed by atoms with Crippen molar-refractivity contribution in [2.45, 2.75) is 58.8 Å². The molecule has 1 fully saturated rings. The first kappa shape index (κ1) is 17.8. The highest BCUT2D eigenvalue weighted by atomic mass is 19.4. The van der Waals surface area contributed by atoms with Crippen LogP contribution in [0.4, 0.5) is 13.2 Å². The molecule has 122 valence electrons. The number of nitrogens with zero attached hydrogens (tertiary/aromatic N) is 1. The number of nitrogens with one attached hydrogen (secondary N) is 1. The van der Waals surface area contributed by atoms with Gasteiger partial charge in [0.1, 0.15) is 18.6 Å². The summed E-state index contributed by atoms with van der Waals surface area (Å²) in [7, 11) is 0. The van der Waals surface area contributed by atoms with Gasteiger partial charge in [-0.25, -0.2) is 0 Å². The molecule has 0 aromatic carbocycles. The Labute approximate surface area is 123 Å². The fraction of sp³-hybridized carbons (Fsp3) is 0.857. The molecular weight excluding hydrogens is 285 g/mol. The summed E-state index contributed by atoms with van der Waals surface area (Å²) in [5, 5.41) is 2.59. The van der Waals surface area contributed by atoms with Crippen LogP contribution in [0.15, 0.2) is 0 Å². The Balaban J connectivity index is 3.04. The summed E-state index contributed by atoms with van der Waals surface area (Å²) in [6.07, 6.45) is -3.69. The van der Waals surface area contributed by atoms with Crippen molar-refractivity contribution in [1.82, 2.24) is 10.2 Å². The highest BCUT2D eigenvalue weighted by Gasteiger charge is 2.46. The molecule has 0 spiro atoms. The van der Waals surface area contributed by atoms with Crippen molar-refractivity contribution in [3.63, 3.8) is 0 Å². The van der Waals surface area contributed by atoms with Gasteiger partial charge in [0, 0.05) is 0 Å². The molecule has 0 aliphatic carbocycles. The second-order valence-corrected chi connectivity index (χ2v) is 6.10. The lowest BCUT2D eigenvalue weighted by molar-refractivity contribution is -0.175. The topological polar surface area (TPSA) is 49.4 Å². The Morgan fingerprint density at radius 3 is 2.24 bits per heavy atom. The van der Waals surface area contributed by atoms with Crippen LogP contribution in [0.5, 0.6) is 0 Å². The third kappa shape index (κ3) is 4.61. The summed E-state index contributed by atoms with van der Waals surface area (Å²) in [5.74, 6) is -1.30. The van der Waals surface area contributed by atoms with Crippen LogP contribution in [-0.4, -0.2) is 41.5 Å². The molecule has 0 saturated carbocycles. The maximum Gasteiger partial charge on any atom is 0.406 e. The van der Waals surface area contributed by atoms with Crippen molar-refractivity contribution in [1.29, 1.82) is 0 Å². The predicted octanol–water partition coefficient (Wildman–Crippen LogP) is 2.34. The molecule has 1 aliphatic heterocycles. The third-order valence-corrected chi connectivity index (χ3v) is 3.78. The molecule has 1 aliphatic rings. The molecule has 7 heteroatoms. The summed E-state index contributed by atoms with van der Waals surface area (Å²) in [6.45, 7) is 5.83. The van der Waals surface area contributed by atoms with Gasteiger partial charge >= 0.3 is 6.18 Å². The summed E-state index contributed by atoms with van der Waals surface area (Å²) in [6, 6.07) is -1.91. The van der Waals surface area contributed by atoms with Gasteiger partial charge in [-0.2, -0.15) is 13.2 Å². The molecule has 4 nitrogen and oxygen atoms in total. The smallest absolute Gasteiger partial charge is 0.342 e. The van der Waals surface area contributed by atoms with Crippen molar-refractivity contribution in [2.24, 2.45) is 11.8 Å². The van der Waals surface area contributed by atoms with Crippen molar-refractivity contribution in [3.8, 4) is 0 Å². The predicted molar refractivity (Wildman–Crippen MR) is 72.4 cm³/mol. The Morgan fingerprint density at radius 1 is 1.24 bits per heavy atom. The first-order chi connectivity index (χ1) is 9.56. The van der Waals surface area contributed by atoms with E-state index in [9.17, 15) is 22.8 Å². The highest BCUT2D eigenvalue weighted by Crippen LogP contribution is 2.26. The lowest BCUT2D eigenvalue weighted by Gasteiger charge is -2.41. The largest absolute Gasteiger partial charge is 0.406 e. The van der Waals surface area contributed by atoms with Crippen LogP contribution in [0.3, 0.4) is 0 Å². The zero-order valence-corrected chi connectivity index (χ0v) is 12.8.